The van der Waals surface area contributed by atoms with E-state index in [9.17, 15) is 4.79 Å². The molecule has 3 heteroatoms. The monoisotopic (exact) mass is 255 g/mol. The predicted molar refractivity (Wildman–Crippen MR) is 57.8 cm³/mol. The second-order valence-electron chi connectivity index (χ2n) is 3.47. The van der Waals surface area contributed by atoms with Gasteiger partial charge in [-0.05, 0) is 0 Å². The van der Waals surface area contributed by atoms with Crippen LogP contribution in [0.1, 0.15) is 6.42 Å². The van der Waals surface area contributed by atoms with Gasteiger partial charge in [-0.25, -0.2) is 0 Å². The third-order valence-electron chi connectivity index (χ3n) is 2.40. The van der Waals surface area contributed by atoms with Crippen LogP contribution < -0.4 is 4.46 Å². The van der Waals surface area contributed by atoms with Crippen molar-refractivity contribution >= 4 is 25.3 Å². The van der Waals surface area contributed by atoms with Gasteiger partial charge in [-0.15, -0.1) is 0 Å². The second-order valence-corrected chi connectivity index (χ2v) is 6.15. The van der Waals surface area contributed by atoms with Gasteiger partial charge in [0.2, 0.25) is 0 Å². The van der Waals surface area contributed by atoms with Crippen LogP contribution in [0.3, 0.4) is 0 Å². The van der Waals surface area contributed by atoms with E-state index in [0.717, 1.165) is 13.0 Å². The Morgan fingerprint density at radius 2 is 2.07 bits per heavy atom. The molecule has 1 unspecified atom stereocenters. The number of hydrogen-bond donors (Lipinski definition) is 0. The molecule has 2 rings (SSSR count). The Balaban J connectivity index is 2.02. The molecule has 0 radical (unpaired) electrons. The quantitative estimate of drug-likeness (QED) is 0.710. The van der Waals surface area contributed by atoms with E-state index in [1.54, 1.807) is 0 Å². The number of carbonyl (C=O) groups is 1. The molecule has 0 bridgehead atoms. The van der Waals surface area contributed by atoms with Gasteiger partial charge in [-0.1, -0.05) is 0 Å². The van der Waals surface area contributed by atoms with E-state index in [1.165, 1.54) is 4.46 Å². The molecule has 0 aromatic heterocycles. The molecule has 0 N–H and O–H groups in total. The fourth-order valence-electron chi connectivity index (χ4n) is 1.56. The Bertz CT molecular complexity index is 325. The first kappa shape index (κ1) is 9.75. The van der Waals surface area contributed by atoms with Gasteiger partial charge in [-0.3, -0.25) is 0 Å². The van der Waals surface area contributed by atoms with Crippen molar-refractivity contribution in [2.75, 3.05) is 13.6 Å². The van der Waals surface area contributed by atoms with E-state index < -0.39 is 0 Å². The van der Waals surface area contributed by atoms with Crippen molar-refractivity contribution in [3.8, 4) is 0 Å². The van der Waals surface area contributed by atoms with Crippen LogP contribution in [0.4, 0.5) is 0 Å². The minimum absolute atomic E-state index is 0.273. The standard InChI is InChI=1S/C11H13NOSe/c1-12-8-7-10(11(12)13)14-9-5-3-2-4-6-9/h2-6,10H,7-8H2,1H3. The fourth-order valence-corrected chi connectivity index (χ4v) is 3.97. The Morgan fingerprint density at radius 1 is 1.36 bits per heavy atom. The van der Waals surface area contributed by atoms with Crippen molar-refractivity contribution in [3.63, 3.8) is 0 Å². The number of amides is 1. The first-order chi connectivity index (χ1) is 6.77. The van der Waals surface area contributed by atoms with Gasteiger partial charge in [-0.2, -0.15) is 0 Å². The van der Waals surface area contributed by atoms with Gasteiger partial charge in [0.15, 0.2) is 0 Å². The predicted octanol–water partition coefficient (Wildman–Crippen LogP) is 0.667. The molecule has 0 saturated carbocycles. The summed E-state index contributed by atoms with van der Waals surface area (Å²) in [6.07, 6.45) is 1.03. The summed E-state index contributed by atoms with van der Waals surface area (Å²) in [7, 11) is 1.89. The molecule has 1 aromatic carbocycles. The van der Waals surface area contributed by atoms with Crippen LogP contribution in [-0.4, -0.2) is 39.4 Å². The molecular weight excluding hydrogens is 241 g/mol. The Labute approximate surface area is 90.5 Å². The van der Waals surface area contributed by atoms with Crippen LogP contribution in [0.2, 0.25) is 4.82 Å². The summed E-state index contributed by atoms with van der Waals surface area (Å²) in [5, 5.41) is 0. The van der Waals surface area contributed by atoms with Crippen LogP contribution in [-0.2, 0) is 4.79 Å². The molecule has 1 atom stereocenters. The molecule has 1 aliphatic rings. The van der Waals surface area contributed by atoms with Crippen molar-refractivity contribution in [3.05, 3.63) is 30.3 Å². The van der Waals surface area contributed by atoms with Crippen molar-refractivity contribution < 1.29 is 4.79 Å². The summed E-state index contributed by atoms with van der Waals surface area (Å²) in [6.45, 7) is 0.929. The zero-order valence-electron chi connectivity index (χ0n) is 8.14. The molecule has 1 amide bonds. The third-order valence-corrected chi connectivity index (χ3v) is 5.06. The summed E-state index contributed by atoms with van der Waals surface area (Å²) in [4.78, 5) is 13.8. The van der Waals surface area contributed by atoms with Crippen molar-refractivity contribution in [2.24, 2.45) is 0 Å². The van der Waals surface area contributed by atoms with Gasteiger partial charge in [0, 0.05) is 0 Å². The molecule has 2 nitrogen and oxygen atoms in total. The molecular formula is C11H13NOSe. The molecule has 0 spiro atoms. The van der Waals surface area contributed by atoms with E-state index in [2.05, 4.69) is 12.1 Å². The molecule has 74 valence electrons. The zero-order chi connectivity index (χ0) is 9.97. The van der Waals surface area contributed by atoms with E-state index in [1.807, 2.05) is 30.1 Å². The molecule has 1 aromatic rings. The van der Waals surface area contributed by atoms with Crippen LogP contribution >= 0.6 is 0 Å². The first-order valence-electron chi connectivity index (χ1n) is 4.74. The molecule has 0 aliphatic carbocycles. The molecule has 1 saturated heterocycles. The average Bonchev–Trinajstić information content (AvgIpc) is 2.52. The van der Waals surface area contributed by atoms with E-state index in [4.69, 9.17) is 0 Å². The molecule has 1 fully saturated rings. The third kappa shape index (κ3) is 1.99. The second kappa shape index (κ2) is 4.16. The van der Waals surface area contributed by atoms with Crippen LogP contribution in [0, 0.1) is 0 Å². The Kier molecular flexibility index (Phi) is 2.90. The number of rotatable bonds is 2. The number of nitrogens with zero attached hydrogens (tertiary/aromatic N) is 1. The topological polar surface area (TPSA) is 20.3 Å². The summed E-state index contributed by atoms with van der Waals surface area (Å²) >= 11 is 0.309. The summed E-state index contributed by atoms with van der Waals surface area (Å²) in [6, 6.07) is 10.3. The zero-order valence-corrected chi connectivity index (χ0v) is 9.86. The van der Waals surface area contributed by atoms with E-state index >= 15 is 0 Å². The number of hydrogen-bond acceptors (Lipinski definition) is 1. The van der Waals surface area contributed by atoms with Gasteiger partial charge >= 0.3 is 90.2 Å². The van der Waals surface area contributed by atoms with Gasteiger partial charge in [0.05, 0.1) is 0 Å². The molecule has 1 heterocycles. The number of carbonyl (C=O) groups excluding carboxylic acids is 1. The van der Waals surface area contributed by atoms with Crippen LogP contribution in [0.5, 0.6) is 0 Å². The minimum atomic E-state index is 0.273. The molecule has 14 heavy (non-hydrogen) atoms. The SMILES string of the molecule is CN1CCC([Se]c2ccccc2)C1=O. The van der Waals surface area contributed by atoms with Gasteiger partial charge in [0.25, 0.3) is 0 Å². The molecule has 1 aliphatic heterocycles. The Hall–Kier alpha value is -0.791. The van der Waals surface area contributed by atoms with Gasteiger partial charge < -0.3 is 0 Å². The van der Waals surface area contributed by atoms with Crippen molar-refractivity contribution in [2.45, 2.75) is 11.2 Å². The summed E-state index contributed by atoms with van der Waals surface area (Å²) in [5.74, 6) is 0.328. The maximum absolute atomic E-state index is 11.7. The summed E-state index contributed by atoms with van der Waals surface area (Å²) < 4.78 is 1.33. The van der Waals surface area contributed by atoms with Gasteiger partial charge in [0.1, 0.15) is 0 Å². The average molecular weight is 254 g/mol. The van der Waals surface area contributed by atoms with Crippen LogP contribution in [0.25, 0.3) is 0 Å². The van der Waals surface area contributed by atoms with E-state index in [-0.39, 0.29) is 4.82 Å². The number of likely N-dealkylation sites (tertiary alicyclic amines) is 1. The van der Waals surface area contributed by atoms with E-state index in [0.29, 0.717) is 20.9 Å². The van der Waals surface area contributed by atoms with Crippen molar-refractivity contribution in [1.29, 1.82) is 0 Å². The van der Waals surface area contributed by atoms with Crippen molar-refractivity contribution in [1.82, 2.24) is 4.90 Å². The first-order valence-corrected chi connectivity index (χ1v) is 6.58. The summed E-state index contributed by atoms with van der Waals surface area (Å²) in [5.41, 5.74) is 0. The fraction of sp³-hybridized carbons (Fsp3) is 0.364. The maximum atomic E-state index is 11.7. The Morgan fingerprint density at radius 3 is 2.64 bits per heavy atom. The van der Waals surface area contributed by atoms with Crippen LogP contribution in [0.15, 0.2) is 30.3 Å². The normalized spacial score (nSPS) is 21.6. The number of benzene rings is 1.